The van der Waals surface area contributed by atoms with Gasteiger partial charge in [-0.3, -0.25) is 4.90 Å². The van der Waals surface area contributed by atoms with E-state index in [9.17, 15) is 0 Å². The van der Waals surface area contributed by atoms with E-state index in [0.29, 0.717) is 0 Å². The highest BCUT2D eigenvalue weighted by Crippen LogP contribution is 2.33. The van der Waals surface area contributed by atoms with Crippen LogP contribution in [0.1, 0.15) is 150 Å². The summed E-state index contributed by atoms with van der Waals surface area (Å²) < 4.78 is 0. The number of rotatable bonds is 21. The van der Waals surface area contributed by atoms with Crippen molar-refractivity contribution < 1.29 is 0 Å². The Morgan fingerprint density at radius 2 is 0.939 bits per heavy atom. The number of hydrogen-bond acceptors (Lipinski definition) is 1. The third-order valence-corrected chi connectivity index (χ3v) is 7.71. The second-order valence-electron chi connectivity index (χ2n) is 11.8. The number of benzene rings is 1. The van der Waals surface area contributed by atoms with Crippen LogP contribution in [0.3, 0.4) is 0 Å². The minimum atomic E-state index is 0.253. The molecule has 0 aliphatic heterocycles. The molecular formula is C32H59N. The predicted octanol–water partition coefficient (Wildman–Crippen LogP) is 10.4. The zero-order chi connectivity index (χ0) is 24.4. The molecule has 0 heterocycles. The fourth-order valence-corrected chi connectivity index (χ4v) is 5.61. The van der Waals surface area contributed by atoms with Gasteiger partial charge >= 0.3 is 0 Å². The quantitative estimate of drug-likeness (QED) is 0.166. The van der Waals surface area contributed by atoms with Crippen LogP contribution in [-0.4, -0.2) is 22.5 Å². The molecule has 0 bridgehead atoms. The van der Waals surface area contributed by atoms with Crippen LogP contribution in [0.4, 0.5) is 0 Å². The zero-order valence-electron chi connectivity index (χ0n) is 23.6. The molecule has 0 fully saturated rings. The molecule has 1 aromatic carbocycles. The Kier molecular flexibility index (Phi) is 16.1. The van der Waals surface area contributed by atoms with Gasteiger partial charge in [-0.15, -0.1) is 0 Å². The first-order chi connectivity index (χ1) is 15.8. The van der Waals surface area contributed by atoms with E-state index >= 15 is 0 Å². The molecule has 0 saturated heterocycles. The maximum Gasteiger partial charge on any atom is 0.0158 e. The molecule has 0 N–H and O–H groups in total. The lowest BCUT2D eigenvalue weighted by atomic mass is 9.85. The van der Waals surface area contributed by atoms with Crippen LogP contribution in [0, 0.1) is 0 Å². The van der Waals surface area contributed by atoms with Crippen LogP contribution < -0.4 is 0 Å². The van der Waals surface area contributed by atoms with E-state index in [1.54, 1.807) is 0 Å². The maximum absolute atomic E-state index is 2.88. The van der Waals surface area contributed by atoms with E-state index < -0.39 is 0 Å². The Morgan fingerprint density at radius 1 is 0.545 bits per heavy atom. The van der Waals surface area contributed by atoms with Gasteiger partial charge in [-0.2, -0.15) is 0 Å². The Labute approximate surface area is 209 Å². The lowest BCUT2D eigenvalue weighted by molar-refractivity contribution is 0.00403. The summed E-state index contributed by atoms with van der Waals surface area (Å²) in [6, 6.07) is 11.1. The fourth-order valence-electron chi connectivity index (χ4n) is 5.61. The average molecular weight is 458 g/mol. The van der Waals surface area contributed by atoms with E-state index in [-0.39, 0.29) is 11.1 Å². The minimum absolute atomic E-state index is 0.253. The first kappa shape index (κ1) is 30.2. The van der Waals surface area contributed by atoms with Gasteiger partial charge in [0.1, 0.15) is 0 Å². The van der Waals surface area contributed by atoms with Crippen molar-refractivity contribution in [3.05, 3.63) is 35.9 Å². The van der Waals surface area contributed by atoms with Crippen LogP contribution in [0.15, 0.2) is 30.3 Å². The second kappa shape index (κ2) is 17.6. The highest BCUT2D eigenvalue weighted by Gasteiger charge is 2.36. The number of hydrogen-bond donors (Lipinski definition) is 0. The van der Waals surface area contributed by atoms with Gasteiger partial charge in [0, 0.05) is 17.6 Å². The molecule has 1 aromatic rings. The second-order valence-corrected chi connectivity index (χ2v) is 11.8. The van der Waals surface area contributed by atoms with Gasteiger partial charge in [0.2, 0.25) is 0 Å². The number of unbranched alkanes of at least 4 members (excludes halogenated alkanes) is 12. The van der Waals surface area contributed by atoms with Gasteiger partial charge in [-0.05, 0) is 52.5 Å². The van der Waals surface area contributed by atoms with Crippen molar-refractivity contribution in [3.63, 3.8) is 0 Å². The van der Waals surface area contributed by atoms with Gasteiger partial charge in [-0.25, -0.2) is 0 Å². The topological polar surface area (TPSA) is 3.24 Å². The average Bonchev–Trinajstić information content (AvgIpc) is 2.78. The molecule has 0 atom stereocenters. The molecule has 0 radical (unpaired) electrons. The first-order valence-electron chi connectivity index (χ1n) is 14.6. The van der Waals surface area contributed by atoms with Gasteiger partial charge in [0.15, 0.2) is 0 Å². The summed E-state index contributed by atoms with van der Waals surface area (Å²) in [6.45, 7) is 15.8. The molecule has 1 rings (SSSR count). The van der Waals surface area contributed by atoms with Gasteiger partial charge < -0.3 is 0 Å². The van der Waals surface area contributed by atoms with Gasteiger partial charge in [0.05, 0.1) is 0 Å². The molecule has 192 valence electrons. The van der Waals surface area contributed by atoms with E-state index in [0.717, 1.165) is 13.0 Å². The zero-order valence-corrected chi connectivity index (χ0v) is 23.6. The molecule has 33 heavy (non-hydrogen) atoms. The van der Waals surface area contributed by atoms with Crippen molar-refractivity contribution in [3.8, 4) is 0 Å². The molecule has 0 aliphatic carbocycles. The Hall–Kier alpha value is -0.820. The fraction of sp³-hybridized carbons (Fsp3) is 0.812. The van der Waals surface area contributed by atoms with Crippen molar-refractivity contribution >= 4 is 0 Å². The highest BCUT2D eigenvalue weighted by molar-refractivity contribution is 5.15. The molecule has 0 unspecified atom stereocenters. The smallest absolute Gasteiger partial charge is 0.0158 e. The van der Waals surface area contributed by atoms with Gasteiger partial charge in [-0.1, -0.05) is 134 Å². The minimum Gasteiger partial charge on any atom is -0.293 e. The van der Waals surface area contributed by atoms with Crippen LogP contribution in [0.5, 0.6) is 0 Å². The van der Waals surface area contributed by atoms with Crippen LogP contribution in [0.2, 0.25) is 0 Å². The van der Waals surface area contributed by atoms with Crippen molar-refractivity contribution in [1.29, 1.82) is 0 Å². The SMILES string of the molecule is CCCCCCCCCC(C)(C)N(CCc1ccccc1)C(C)(C)CCCCCCCCC. The lowest BCUT2D eigenvalue weighted by Gasteiger charge is -2.49. The van der Waals surface area contributed by atoms with E-state index in [2.05, 4.69) is 76.8 Å². The summed E-state index contributed by atoms with van der Waals surface area (Å²) in [4.78, 5) is 2.88. The van der Waals surface area contributed by atoms with Crippen LogP contribution in [-0.2, 0) is 6.42 Å². The largest absolute Gasteiger partial charge is 0.293 e. The highest BCUT2D eigenvalue weighted by atomic mass is 15.2. The first-order valence-corrected chi connectivity index (χ1v) is 14.6. The summed E-state index contributed by atoms with van der Waals surface area (Å²) >= 11 is 0. The van der Waals surface area contributed by atoms with Crippen LogP contribution in [0.25, 0.3) is 0 Å². The van der Waals surface area contributed by atoms with E-state index in [4.69, 9.17) is 0 Å². The molecule has 1 heteroatoms. The standard InChI is InChI=1S/C32H59N/c1-7-9-11-13-15-17-22-27-31(3,4)33(29-26-30-24-20-19-21-25-30)32(5,6)28-23-18-16-14-12-10-8-2/h19-21,24-25H,7-18,22-23,26-29H2,1-6H3. The third-order valence-electron chi connectivity index (χ3n) is 7.71. The summed E-state index contributed by atoms with van der Waals surface area (Å²) in [5.41, 5.74) is 1.98. The predicted molar refractivity (Wildman–Crippen MR) is 150 cm³/mol. The van der Waals surface area contributed by atoms with Gasteiger partial charge in [0.25, 0.3) is 0 Å². The van der Waals surface area contributed by atoms with Crippen molar-refractivity contribution in [1.82, 2.24) is 4.90 Å². The maximum atomic E-state index is 2.88. The van der Waals surface area contributed by atoms with E-state index in [1.165, 1.54) is 108 Å². The lowest BCUT2D eigenvalue weighted by Crippen LogP contribution is -2.56. The summed E-state index contributed by atoms with van der Waals surface area (Å²) in [6.07, 6.45) is 23.4. The Balaban J connectivity index is 2.63. The Bertz CT molecular complexity index is 529. The molecule has 0 saturated carbocycles. The molecule has 0 amide bonds. The van der Waals surface area contributed by atoms with Crippen LogP contribution >= 0.6 is 0 Å². The van der Waals surface area contributed by atoms with Crippen molar-refractivity contribution in [2.24, 2.45) is 0 Å². The Morgan fingerprint density at radius 3 is 1.36 bits per heavy atom. The molecule has 1 nitrogen and oxygen atoms in total. The number of nitrogens with zero attached hydrogens (tertiary/aromatic N) is 1. The summed E-state index contributed by atoms with van der Waals surface area (Å²) in [5.74, 6) is 0. The molecule has 0 spiro atoms. The van der Waals surface area contributed by atoms with Crippen molar-refractivity contribution in [2.45, 2.75) is 162 Å². The van der Waals surface area contributed by atoms with Crippen molar-refractivity contribution in [2.75, 3.05) is 6.54 Å². The van der Waals surface area contributed by atoms with E-state index in [1.807, 2.05) is 0 Å². The monoisotopic (exact) mass is 457 g/mol. The third kappa shape index (κ3) is 13.6. The molecular weight excluding hydrogens is 398 g/mol. The molecule has 0 aromatic heterocycles. The summed E-state index contributed by atoms with van der Waals surface area (Å²) in [7, 11) is 0. The molecule has 0 aliphatic rings. The normalized spacial score (nSPS) is 12.6. The summed E-state index contributed by atoms with van der Waals surface area (Å²) in [5, 5.41) is 0.